The van der Waals surface area contributed by atoms with Crippen molar-refractivity contribution in [1.29, 1.82) is 0 Å². The Morgan fingerprint density at radius 2 is 2.21 bits per heavy atom. The zero-order valence-corrected chi connectivity index (χ0v) is 12.1. The van der Waals surface area contributed by atoms with Gasteiger partial charge in [0.2, 0.25) is 0 Å². The molecule has 0 fully saturated rings. The van der Waals surface area contributed by atoms with Crippen LogP contribution in [-0.4, -0.2) is 35.6 Å². The summed E-state index contributed by atoms with van der Waals surface area (Å²) in [5.41, 5.74) is 7.73. The summed E-state index contributed by atoms with van der Waals surface area (Å²) in [5, 5.41) is 10.3. The summed E-state index contributed by atoms with van der Waals surface area (Å²) < 4.78 is 1.01. The molecule has 1 amide bonds. The number of rotatable bonds is 3. The molecule has 5 heteroatoms. The van der Waals surface area contributed by atoms with Gasteiger partial charge in [-0.3, -0.25) is 4.79 Å². The van der Waals surface area contributed by atoms with E-state index in [9.17, 15) is 9.90 Å². The highest BCUT2D eigenvalue weighted by atomic mass is 32.1. The molecule has 4 nitrogen and oxygen atoms in total. The normalized spacial score (nSPS) is 12.6. The van der Waals surface area contributed by atoms with Crippen LogP contribution in [0.3, 0.4) is 0 Å². The van der Waals surface area contributed by atoms with Crippen LogP contribution in [-0.2, 0) is 0 Å². The molecular weight excluding hydrogens is 260 g/mol. The number of likely N-dealkylation sites (N-methyl/N-ethyl adjacent to an activating group) is 1. The molecule has 2 rings (SSSR count). The predicted octanol–water partition coefficient (Wildman–Crippen LogP) is 2.24. The van der Waals surface area contributed by atoms with Gasteiger partial charge >= 0.3 is 0 Å². The lowest BCUT2D eigenvalue weighted by molar-refractivity contribution is 0.0709. The first-order valence-corrected chi connectivity index (χ1v) is 6.94. The average molecular weight is 278 g/mol. The first-order valence-electron chi connectivity index (χ1n) is 6.12. The summed E-state index contributed by atoms with van der Waals surface area (Å²) in [7, 11) is 1.67. The Kier molecular flexibility index (Phi) is 3.78. The molecule has 3 N–H and O–H groups in total. The van der Waals surface area contributed by atoms with E-state index in [1.165, 1.54) is 16.2 Å². The molecule has 2 aromatic rings. The fourth-order valence-electron chi connectivity index (χ4n) is 2.04. The Hall–Kier alpha value is -1.59. The summed E-state index contributed by atoms with van der Waals surface area (Å²) in [6.07, 6.45) is -0.549. The van der Waals surface area contributed by atoms with E-state index < -0.39 is 6.10 Å². The van der Waals surface area contributed by atoms with Gasteiger partial charge < -0.3 is 15.7 Å². The second kappa shape index (κ2) is 5.19. The van der Waals surface area contributed by atoms with E-state index in [4.69, 9.17) is 5.73 Å². The SMILES string of the molecule is Cc1ccc2sc(C(=O)N(C)CC(C)O)c(N)c2c1. The smallest absolute Gasteiger partial charge is 0.265 e. The number of fused-ring (bicyclic) bond motifs is 1. The van der Waals surface area contributed by atoms with Crippen LogP contribution in [0, 0.1) is 6.92 Å². The van der Waals surface area contributed by atoms with E-state index in [0.29, 0.717) is 17.1 Å². The van der Waals surface area contributed by atoms with Gasteiger partial charge in [0, 0.05) is 23.7 Å². The lowest BCUT2D eigenvalue weighted by Crippen LogP contribution is -2.32. The minimum Gasteiger partial charge on any atom is -0.397 e. The monoisotopic (exact) mass is 278 g/mol. The van der Waals surface area contributed by atoms with Crippen molar-refractivity contribution in [3.63, 3.8) is 0 Å². The molecule has 0 bridgehead atoms. The summed E-state index contributed by atoms with van der Waals surface area (Å²) >= 11 is 1.40. The standard InChI is InChI=1S/C14H18N2O2S/c1-8-4-5-11-10(6-8)12(15)13(19-11)14(18)16(3)7-9(2)17/h4-6,9,17H,7,15H2,1-3H3. The van der Waals surface area contributed by atoms with E-state index >= 15 is 0 Å². The maximum absolute atomic E-state index is 12.3. The number of amides is 1. The summed E-state index contributed by atoms with van der Waals surface area (Å²) in [6, 6.07) is 5.98. The van der Waals surface area contributed by atoms with Crippen LogP contribution in [0.15, 0.2) is 18.2 Å². The number of hydrogen-bond acceptors (Lipinski definition) is 4. The fraction of sp³-hybridized carbons (Fsp3) is 0.357. The first-order chi connectivity index (χ1) is 8.90. The Bertz CT molecular complexity index is 619. The summed E-state index contributed by atoms with van der Waals surface area (Å²) in [4.78, 5) is 14.3. The van der Waals surface area contributed by atoms with Crippen LogP contribution in [0.4, 0.5) is 5.69 Å². The van der Waals surface area contributed by atoms with Crippen LogP contribution >= 0.6 is 11.3 Å². The number of nitrogen functional groups attached to an aromatic ring is 1. The van der Waals surface area contributed by atoms with Crippen molar-refractivity contribution in [2.24, 2.45) is 0 Å². The maximum atomic E-state index is 12.3. The number of anilines is 1. The fourth-order valence-corrected chi connectivity index (χ4v) is 3.14. The molecule has 0 spiro atoms. The molecule has 1 heterocycles. The van der Waals surface area contributed by atoms with Crippen molar-refractivity contribution >= 4 is 33.0 Å². The van der Waals surface area contributed by atoms with E-state index in [1.807, 2.05) is 25.1 Å². The van der Waals surface area contributed by atoms with Crippen LogP contribution < -0.4 is 5.73 Å². The maximum Gasteiger partial charge on any atom is 0.265 e. The zero-order valence-electron chi connectivity index (χ0n) is 11.3. The summed E-state index contributed by atoms with van der Waals surface area (Å²) in [5.74, 6) is -0.141. The topological polar surface area (TPSA) is 66.6 Å². The molecule has 0 aliphatic rings. The van der Waals surface area contributed by atoms with Crippen molar-refractivity contribution in [2.45, 2.75) is 20.0 Å². The van der Waals surface area contributed by atoms with E-state index in [0.717, 1.165) is 15.6 Å². The highest BCUT2D eigenvalue weighted by Gasteiger charge is 2.20. The van der Waals surface area contributed by atoms with E-state index in [1.54, 1.807) is 14.0 Å². The number of carbonyl (C=O) groups is 1. The molecule has 1 aromatic carbocycles. The van der Waals surface area contributed by atoms with Gasteiger partial charge in [-0.2, -0.15) is 0 Å². The largest absolute Gasteiger partial charge is 0.397 e. The number of nitrogens with two attached hydrogens (primary N) is 1. The molecular formula is C14H18N2O2S. The number of carbonyl (C=O) groups excluding carboxylic acids is 1. The molecule has 102 valence electrons. The number of nitrogens with zero attached hydrogens (tertiary/aromatic N) is 1. The van der Waals surface area contributed by atoms with Gasteiger partial charge in [-0.15, -0.1) is 11.3 Å². The van der Waals surface area contributed by atoms with Gasteiger partial charge in [0.25, 0.3) is 5.91 Å². The molecule has 1 unspecified atom stereocenters. The number of aliphatic hydroxyl groups is 1. The molecule has 0 saturated heterocycles. The van der Waals surface area contributed by atoms with Crippen molar-refractivity contribution in [3.8, 4) is 0 Å². The molecule has 0 radical (unpaired) electrons. The van der Waals surface area contributed by atoms with Gasteiger partial charge in [-0.1, -0.05) is 11.6 Å². The predicted molar refractivity (Wildman–Crippen MR) is 79.6 cm³/mol. The van der Waals surface area contributed by atoms with Gasteiger partial charge in [0.05, 0.1) is 11.8 Å². The molecule has 1 atom stereocenters. The van der Waals surface area contributed by atoms with Crippen LogP contribution in [0.25, 0.3) is 10.1 Å². The van der Waals surface area contributed by atoms with Gasteiger partial charge in [-0.25, -0.2) is 0 Å². The minimum atomic E-state index is -0.549. The molecule has 0 aliphatic heterocycles. The number of benzene rings is 1. The van der Waals surface area contributed by atoms with Crippen molar-refractivity contribution in [3.05, 3.63) is 28.6 Å². The van der Waals surface area contributed by atoms with Gasteiger partial charge in [-0.05, 0) is 26.0 Å². The second-order valence-corrected chi connectivity index (χ2v) is 5.93. The summed E-state index contributed by atoms with van der Waals surface area (Å²) in [6.45, 7) is 3.95. The third-order valence-corrected chi connectivity index (χ3v) is 4.14. The Balaban J connectivity index is 2.40. The lowest BCUT2D eigenvalue weighted by Gasteiger charge is -2.18. The number of aliphatic hydroxyl groups excluding tert-OH is 1. The minimum absolute atomic E-state index is 0.141. The van der Waals surface area contributed by atoms with Gasteiger partial charge in [0.1, 0.15) is 4.88 Å². The Morgan fingerprint density at radius 1 is 1.53 bits per heavy atom. The number of thiophene rings is 1. The highest BCUT2D eigenvalue weighted by Crippen LogP contribution is 2.34. The van der Waals surface area contributed by atoms with E-state index in [2.05, 4.69) is 0 Å². The highest BCUT2D eigenvalue weighted by molar-refractivity contribution is 7.21. The Morgan fingerprint density at radius 3 is 2.84 bits per heavy atom. The van der Waals surface area contributed by atoms with E-state index in [-0.39, 0.29) is 5.91 Å². The van der Waals surface area contributed by atoms with Crippen LogP contribution in [0.2, 0.25) is 0 Å². The van der Waals surface area contributed by atoms with Gasteiger partial charge in [0.15, 0.2) is 0 Å². The van der Waals surface area contributed by atoms with Crippen LogP contribution in [0.1, 0.15) is 22.2 Å². The first kappa shape index (κ1) is 13.8. The number of aryl methyl sites for hydroxylation is 1. The average Bonchev–Trinajstić information content (AvgIpc) is 2.65. The lowest BCUT2D eigenvalue weighted by atomic mass is 10.1. The Labute approximate surface area is 116 Å². The molecule has 19 heavy (non-hydrogen) atoms. The number of hydrogen-bond donors (Lipinski definition) is 2. The van der Waals surface area contributed by atoms with Crippen molar-refractivity contribution in [1.82, 2.24) is 4.90 Å². The molecule has 0 saturated carbocycles. The van der Waals surface area contributed by atoms with Crippen molar-refractivity contribution < 1.29 is 9.90 Å². The third kappa shape index (κ3) is 2.72. The second-order valence-electron chi connectivity index (χ2n) is 4.88. The quantitative estimate of drug-likeness (QED) is 0.905. The molecule has 0 aliphatic carbocycles. The molecule has 1 aromatic heterocycles. The van der Waals surface area contributed by atoms with Crippen molar-refractivity contribution in [2.75, 3.05) is 19.3 Å². The zero-order chi connectivity index (χ0) is 14.2. The van der Waals surface area contributed by atoms with Crippen LogP contribution in [0.5, 0.6) is 0 Å². The third-order valence-electron chi connectivity index (χ3n) is 2.96.